The third kappa shape index (κ3) is 38.1. The number of carbonyl (C=O) groups excluding carboxylic acids is 1. The van der Waals surface area contributed by atoms with Crippen molar-refractivity contribution >= 4 is 5.91 Å². The lowest BCUT2D eigenvalue weighted by Crippen LogP contribution is -2.66. The molecule has 3 heterocycles. The molecule has 3 fully saturated rings. The van der Waals surface area contributed by atoms with Crippen LogP contribution in [0.1, 0.15) is 264 Å². The second-order valence-corrected chi connectivity index (χ2v) is 26.7. The first-order valence-corrected chi connectivity index (χ1v) is 37.8. The van der Waals surface area contributed by atoms with Crippen molar-refractivity contribution < 1.29 is 89.4 Å². The van der Waals surface area contributed by atoms with Crippen LogP contribution in [0.25, 0.3) is 0 Å². The van der Waals surface area contributed by atoms with Crippen LogP contribution in [0.15, 0.2) is 85.1 Å². The second-order valence-electron chi connectivity index (χ2n) is 26.7. The van der Waals surface area contributed by atoms with Crippen molar-refractivity contribution in [2.75, 3.05) is 26.4 Å². The highest BCUT2D eigenvalue weighted by Crippen LogP contribution is 2.33. The van der Waals surface area contributed by atoms with Crippen LogP contribution in [0.5, 0.6) is 0 Å². The van der Waals surface area contributed by atoms with Gasteiger partial charge in [0, 0.05) is 6.42 Å². The Morgan fingerprint density at radius 1 is 0.385 bits per heavy atom. The summed E-state index contributed by atoms with van der Waals surface area (Å²) in [6.45, 7) is 1.63. The highest BCUT2D eigenvalue weighted by Gasteiger charge is 2.53. The van der Waals surface area contributed by atoms with E-state index in [2.05, 4.69) is 92.1 Å². The Kier molecular flexibility index (Phi) is 52.3. The zero-order valence-corrected chi connectivity index (χ0v) is 59.1. The normalized spacial score (nSPS) is 27.5. The summed E-state index contributed by atoms with van der Waals surface area (Å²) < 4.78 is 34.4. The molecule has 3 aliphatic rings. The van der Waals surface area contributed by atoms with E-state index < -0.39 is 124 Å². The van der Waals surface area contributed by atoms with E-state index in [1.807, 2.05) is 6.08 Å². The molecule has 0 bridgehead atoms. The Morgan fingerprint density at radius 2 is 0.719 bits per heavy atom. The van der Waals surface area contributed by atoms with E-state index in [1.165, 1.54) is 148 Å². The summed E-state index contributed by atoms with van der Waals surface area (Å²) in [5, 5.41) is 121. The van der Waals surface area contributed by atoms with Gasteiger partial charge in [0.15, 0.2) is 18.9 Å². The highest BCUT2D eigenvalue weighted by atomic mass is 16.8. The molecule has 96 heavy (non-hydrogen) atoms. The maximum absolute atomic E-state index is 13.4. The molecule has 12 N–H and O–H groups in total. The van der Waals surface area contributed by atoms with E-state index in [1.54, 1.807) is 6.08 Å². The third-order valence-electron chi connectivity index (χ3n) is 18.4. The fourth-order valence-electron chi connectivity index (χ4n) is 12.4. The summed E-state index contributed by atoms with van der Waals surface area (Å²) in [7, 11) is 0. The molecule has 0 aliphatic carbocycles. The molecule has 0 aromatic rings. The van der Waals surface area contributed by atoms with Crippen molar-refractivity contribution in [3.8, 4) is 0 Å². The van der Waals surface area contributed by atoms with Crippen LogP contribution in [-0.4, -0.2) is 193 Å². The van der Waals surface area contributed by atoms with Crippen molar-refractivity contribution in [3.63, 3.8) is 0 Å². The summed E-state index contributed by atoms with van der Waals surface area (Å²) in [5.74, 6) is -0.277. The highest BCUT2D eigenvalue weighted by molar-refractivity contribution is 5.76. The maximum Gasteiger partial charge on any atom is 0.220 e. The zero-order chi connectivity index (χ0) is 69.6. The Morgan fingerprint density at radius 3 is 1.12 bits per heavy atom. The summed E-state index contributed by atoms with van der Waals surface area (Å²) in [4.78, 5) is 13.4. The number of aliphatic hydroxyl groups excluding tert-OH is 11. The molecule has 19 heteroatoms. The van der Waals surface area contributed by atoms with Crippen molar-refractivity contribution in [1.29, 1.82) is 0 Å². The van der Waals surface area contributed by atoms with Gasteiger partial charge in [-0.3, -0.25) is 4.79 Å². The first-order chi connectivity index (χ1) is 46.8. The summed E-state index contributed by atoms with van der Waals surface area (Å²) in [5.41, 5.74) is 0. The predicted octanol–water partition coefficient (Wildman–Crippen LogP) is 11.4. The lowest BCUT2D eigenvalue weighted by molar-refractivity contribution is -0.379. The molecular formula is C77H135NO18. The minimum Gasteiger partial charge on any atom is -0.394 e. The standard InChI is InChI=1S/C77H135NO18/c1-3-5-7-9-11-13-15-17-19-21-23-24-25-26-27-28-29-30-31-32-33-34-35-36-37-39-41-43-45-47-49-51-53-55-65(83)78-60(61(82)54-52-50-48-46-44-42-40-38-22-20-18-16-14-12-10-8-6-4-2)59-91-75-71(89)68(86)73(63(57-80)93-75)96-77-72(90)69(87)74(64(58-81)94-77)95-76-70(88)67(85)66(84)62(56-79)92-76/h5,7,11,13,17,19,23-24,26-27,29-30,52,54,60-64,66-77,79-82,84-90H,3-4,6,8-10,12,14-16,18,20-22,25,28,31-51,53,55-59H2,1-2H3,(H,78,83)/b7-5-,13-11-,19-17-,24-23-,27-26-,30-29-,54-52+. The summed E-state index contributed by atoms with van der Waals surface area (Å²) in [6.07, 6.45) is 48.4. The third-order valence-corrected chi connectivity index (χ3v) is 18.4. The van der Waals surface area contributed by atoms with Crippen LogP contribution in [0, 0.1) is 0 Å². The number of allylic oxidation sites excluding steroid dienone is 13. The van der Waals surface area contributed by atoms with Gasteiger partial charge < -0.3 is 89.9 Å². The lowest BCUT2D eigenvalue weighted by Gasteiger charge is -2.48. The Hall–Kier alpha value is -3.03. The van der Waals surface area contributed by atoms with Gasteiger partial charge in [-0.15, -0.1) is 0 Å². The lowest BCUT2D eigenvalue weighted by atomic mass is 9.96. The molecule has 0 aromatic heterocycles. The van der Waals surface area contributed by atoms with Gasteiger partial charge in [-0.1, -0.05) is 272 Å². The number of hydrogen-bond donors (Lipinski definition) is 12. The van der Waals surface area contributed by atoms with Gasteiger partial charge in [0.05, 0.1) is 38.6 Å². The molecule has 556 valence electrons. The number of carbonyl (C=O) groups is 1. The second kappa shape index (κ2) is 57.6. The number of rotatable bonds is 58. The van der Waals surface area contributed by atoms with Gasteiger partial charge in [-0.25, -0.2) is 0 Å². The number of unbranched alkanes of at least 4 members (excludes halogenated alkanes) is 30. The molecule has 0 saturated carbocycles. The van der Waals surface area contributed by atoms with E-state index >= 15 is 0 Å². The molecule has 17 atom stereocenters. The molecule has 0 aromatic carbocycles. The minimum atomic E-state index is -1.98. The number of aliphatic hydroxyl groups is 11. The van der Waals surface area contributed by atoms with E-state index in [9.17, 15) is 61.0 Å². The Balaban J connectivity index is 1.37. The van der Waals surface area contributed by atoms with Crippen LogP contribution in [0.4, 0.5) is 0 Å². The number of amides is 1. The topological polar surface area (TPSA) is 307 Å². The van der Waals surface area contributed by atoms with Gasteiger partial charge in [0.25, 0.3) is 0 Å². The summed E-state index contributed by atoms with van der Waals surface area (Å²) in [6, 6.07) is -0.978. The molecule has 19 nitrogen and oxygen atoms in total. The van der Waals surface area contributed by atoms with Gasteiger partial charge in [-0.05, 0) is 70.6 Å². The average molecular weight is 1360 g/mol. The first-order valence-electron chi connectivity index (χ1n) is 37.8. The molecule has 0 radical (unpaired) electrons. The monoisotopic (exact) mass is 1360 g/mol. The molecule has 3 aliphatic heterocycles. The number of ether oxygens (including phenoxy) is 6. The fraction of sp³-hybridized carbons (Fsp3) is 0.805. The molecule has 3 saturated heterocycles. The Labute approximate surface area is 578 Å². The molecule has 3 rings (SSSR count). The van der Waals surface area contributed by atoms with Gasteiger partial charge in [0.2, 0.25) is 5.91 Å². The molecule has 0 spiro atoms. The van der Waals surface area contributed by atoms with Crippen LogP contribution in [0.3, 0.4) is 0 Å². The zero-order valence-electron chi connectivity index (χ0n) is 59.1. The molecule has 17 unspecified atom stereocenters. The SMILES string of the molecule is CC/C=C\C/C=C\C/C=C\C/C=C\C/C=C\C/C=C\CCCCCCCCCCCCCCCCC(=O)NC(COC1OC(CO)C(OC2OC(CO)C(OC3OC(CO)C(O)C(O)C3O)C(O)C2O)C(O)C1O)C(O)/C=C/CCCCCCCCCCCCCCCCCC. The fourth-order valence-corrected chi connectivity index (χ4v) is 12.4. The van der Waals surface area contributed by atoms with Crippen LogP contribution in [0.2, 0.25) is 0 Å². The molecular weight excluding hydrogens is 1230 g/mol. The maximum atomic E-state index is 13.4. The van der Waals surface area contributed by atoms with E-state index in [0.717, 1.165) is 89.9 Å². The van der Waals surface area contributed by atoms with E-state index in [4.69, 9.17) is 28.4 Å². The Bertz CT molecular complexity index is 2070. The average Bonchev–Trinajstić information content (AvgIpc) is 0.787. The van der Waals surface area contributed by atoms with Crippen LogP contribution >= 0.6 is 0 Å². The van der Waals surface area contributed by atoms with Crippen molar-refractivity contribution in [2.45, 2.75) is 369 Å². The van der Waals surface area contributed by atoms with Gasteiger partial charge in [-0.2, -0.15) is 0 Å². The van der Waals surface area contributed by atoms with Crippen LogP contribution < -0.4 is 5.32 Å². The smallest absolute Gasteiger partial charge is 0.220 e. The molecule has 1 amide bonds. The number of hydrogen-bond acceptors (Lipinski definition) is 18. The van der Waals surface area contributed by atoms with Crippen LogP contribution in [-0.2, 0) is 33.2 Å². The van der Waals surface area contributed by atoms with Crippen molar-refractivity contribution in [1.82, 2.24) is 5.32 Å². The first kappa shape index (κ1) is 87.2. The van der Waals surface area contributed by atoms with Gasteiger partial charge in [0.1, 0.15) is 73.2 Å². The largest absolute Gasteiger partial charge is 0.394 e. The number of nitrogens with one attached hydrogen (secondary N) is 1. The predicted molar refractivity (Wildman–Crippen MR) is 378 cm³/mol. The van der Waals surface area contributed by atoms with Gasteiger partial charge >= 0.3 is 0 Å². The van der Waals surface area contributed by atoms with Crippen molar-refractivity contribution in [2.24, 2.45) is 0 Å². The van der Waals surface area contributed by atoms with E-state index in [0.29, 0.717) is 6.42 Å². The van der Waals surface area contributed by atoms with E-state index in [-0.39, 0.29) is 18.9 Å². The quantitative estimate of drug-likeness (QED) is 0.0199. The van der Waals surface area contributed by atoms with Crippen molar-refractivity contribution in [3.05, 3.63) is 85.1 Å². The minimum absolute atomic E-state index is 0.239. The summed E-state index contributed by atoms with van der Waals surface area (Å²) >= 11 is 0.